The first kappa shape index (κ1) is 27.2. The van der Waals surface area contributed by atoms with E-state index in [1.165, 1.54) is 51.8 Å². The lowest BCUT2D eigenvalue weighted by Crippen LogP contribution is -2.39. The van der Waals surface area contributed by atoms with E-state index in [9.17, 15) is 18.0 Å². The molecule has 3 rings (SSSR count). The van der Waals surface area contributed by atoms with E-state index in [0.717, 1.165) is 9.87 Å². The maximum absolute atomic E-state index is 13.5. The van der Waals surface area contributed by atoms with Crippen molar-refractivity contribution in [1.29, 1.82) is 0 Å². The van der Waals surface area contributed by atoms with Gasteiger partial charge < -0.3 is 14.2 Å². The van der Waals surface area contributed by atoms with Gasteiger partial charge in [0.05, 0.1) is 43.7 Å². The molecule has 0 bridgehead atoms. The van der Waals surface area contributed by atoms with Crippen molar-refractivity contribution in [2.24, 2.45) is 5.10 Å². The number of aryl methyl sites for hydroxylation is 1. The number of ether oxygens (including phenoxy) is 3. The monoisotopic (exact) mass is 525 g/mol. The summed E-state index contributed by atoms with van der Waals surface area (Å²) in [5.41, 5.74) is 4.42. The largest absolute Gasteiger partial charge is 0.493 e. The van der Waals surface area contributed by atoms with Gasteiger partial charge in [-0.2, -0.15) is 5.10 Å². The highest BCUT2D eigenvalue weighted by atomic mass is 32.2. The van der Waals surface area contributed by atoms with Gasteiger partial charge in [0.25, 0.3) is 15.9 Å². The summed E-state index contributed by atoms with van der Waals surface area (Å²) in [4.78, 5) is 24.3. The van der Waals surface area contributed by atoms with Crippen molar-refractivity contribution in [3.05, 3.63) is 83.4 Å². The second-order valence-electron chi connectivity index (χ2n) is 7.77. The minimum atomic E-state index is -4.12. The third-order valence-electron chi connectivity index (χ3n) is 5.29. The van der Waals surface area contributed by atoms with Crippen LogP contribution in [0, 0.1) is 6.92 Å². The molecule has 11 heteroatoms. The number of nitrogens with one attached hydrogen (secondary N) is 1. The summed E-state index contributed by atoms with van der Waals surface area (Å²) in [6.45, 7) is 1.29. The van der Waals surface area contributed by atoms with E-state index in [-0.39, 0.29) is 10.6 Å². The molecule has 1 amide bonds. The molecule has 3 aromatic carbocycles. The molecule has 37 heavy (non-hydrogen) atoms. The summed E-state index contributed by atoms with van der Waals surface area (Å²) in [6, 6.07) is 17.2. The van der Waals surface area contributed by atoms with Crippen molar-refractivity contribution < 1.29 is 32.2 Å². The van der Waals surface area contributed by atoms with Crippen LogP contribution in [0.1, 0.15) is 21.5 Å². The Bertz CT molecular complexity index is 1390. The number of rotatable bonds is 10. The number of anilines is 1. The SMILES string of the molecule is COC(=O)c1ccc(/C=N\NC(=O)CN(c2ccc(OC)c(OC)c2)S(=O)(=O)c2ccc(C)cc2)cc1. The van der Waals surface area contributed by atoms with Crippen molar-refractivity contribution in [3.8, 4) is 11.5 Å². The summed E-state index contributed by atoms with van der Waals surface area (Å²) in [7, 11) is 0.0618. The maximum atomic E-state index is 13.5. The van der Waals surface area contributed by atoms with Gasteiger partial charge in [-0.1, -0.05) is 29.8 Å². The van der Waals surface area contributed by atoms with E-state index in [1.54, 1.807) is 42.5 Å². The second-order valence-corrected chi connectivity index (χ2v) is 9.63. The second kappa shape index (κ2) is 12.0. The first-order valence-electron chi connectivity index (χ1n) is 11.0. The Morgan fingerprint density at radius 3 is 2.16 bits per heavy atom. The minimum absolute atomic E-state index is 0.0230. The summed E-state index contributed by atoms with van der Waals surface area (Å²) < 4.78 is 43.3. The lowest BCUT2D eigenvalue weighted by molar-refractivity contribution is -0.119. The Hall–Kier alpha value is -4.38. The van der Waals surface area contributed by atoms with Crippen LogP contribution in [0.2, 0.25) is 0 Å². The van der Waals surface area contributed by atoms with Crippen molar-refractivity contribution in [2.45, 2.75) is 11.8 Å². The highest BCUT2D eigenvalue weighted by molar-refractivity contribution is 7.92. The van der Waals surface area contributed by atoms with E-state index in [2.05, 4.69) is 15.3 Å². The first-order valence-corrected chi connectivity index (χ1v) is 12.5. The zero-order chi connectivity index (χ0) is 27.0. The van der Waals surface area contributed by atoms with E-state index in [0.29, 0.717) is 22.6 Å². The molecule has 0 heterocycles. The summed E-state index contributed by atoms with van der Waals surface area (Å²) >= 11 is 0. The highest BCUT2D eigenvalue weighted by Gasteiger charge is 2.28. The molecule has 0 aromatic heterocycles. The van der Waals surface area contributed by atoms with E-state index >= 15 is 0 Å². The van der Waals surface area contributed by atoms with Crippen LogP contribution in [0.15, 0.2) is 76.7 Å². The third-order valence-corrected chi connectivity index (χ3v) is 7.07. The number of esters is 1. The van der Waals surface area contributed by atoms with Gasteiger partial charge in [-0.3, -0.25) is 9.10 Å². The molecule has 0 spiro atoms. The zero-order valence-electron chi connectivity index (χ0n) is 20.8. The standard InChI is InChI=1S/C26H27N3O7S/c1-18-5-12-22(13-6-18)37(32,33)29(21-11-14-23(34-2)24(15-21)35-3)17-25(30)28-27-16-19-7-9-20(10-8-19)26(31)36-4/h5-16H,17H2,1-4H3,(H,28,30)/b27-16-. The lowest BCUT2D eigenvalue weighted by Gasteiger charge is -2.24. The van der Waals surface area contributed by atoms with Gasteiger partial charge in [0.2, 0.25) is 0 Å². The number of hydrogen-bond donors (Lipinski definition) is 1. The van der Waals surface area contributed by atoms with Gasteiger partial charge in [-0.25, -0.2) is 18.6 Å². The molecule has 0 fully saturated rings. The molecule has 0 unspecified atom stereocenters. The van der Waals surface area contributed by atoms with Gasteiger partial charge in [0, 0.05) is 6.07 Å². The number of carbonyl (C=O) groups excluding carboxylic acids is 2. The van der Waals surface area contributed by atoms with Crippen LogP contribution >= 0.6 is 0 Å². The highest BCUT2D eigenvalue weighted by Crippen LogP contribution is 2.33. The predicted octanol–water partition coefficient (Wildman–Crippen LogP) is 3.14. The Morgan fingerprint density at radius 1 is 0.919 bits per heavy atom. The molecule has 3 aromatic rings. The van der Waals surface area contributed by atoms with E-state index < -0.39 is 28.4 Å². The van der Waals surface area contributed by atoms with Gasteiger partial charge >= 0.3 is 5.97 Å². The molecule has 0 aliphatic carbocycles. The number of amides is 1. The number of carbonyl (C=O) groups is 2. The maximum Gasteiger partial charge on any atom is 0.337 e. The molecule has 0 saturated carbocycles. The topological polar surface area (TPSA) is 124 Å². The fraction of sp³-hybridized carbons (Fsp3) is 0.192. The van der Waals surface area contributed by atoms with Crippen LogP contribution in [-0.2, 0) is 19.6 Å². The van der Waals surface area contributed by atoms with Gasteiger partial charge in [0.15, 0.2) is 11.5 Å². The number of methoxy groups -OCH3 is 3. The quantitative estimate of drug-likeness (QED) is 0.245. The number of benzene rings is 3. The van der Waals surface area contributed by atoms with Gasteiger partial charge in [-0.05, 0) is 48.9 Å². The smallest absolute Gasteiger partial charge is 0.337 e. The Balaban J connectivity index is 1.85. The van der Waals surface area contributed by atoms with Crippen LogP contribution in [0.3, 0.4) is 0 Å². The molecule has 194 valence electrons. The molecular formula is C26H27N3O7S. The normalized spacial score (nSPS) is 11.1. The summed E-state index contributed by atoms with van der Waals surface area (Å²) in [6.07, 6.45) is 1.37. The van der Waals surface area contributed by atoms with Crippen molar-refractivity contribution >= 4 is 33.8 Å². The predicted molar refractivity (Wildman–Crippen MR) is 139 cm³/mol. The fourth-order valence-corrected chi connectivity index (χ4v) is 4.71. The number of nitrogens with zero attached hydrogens (tertiary/aromatic N) is 2. The van der Waals surface area contributed by atoms with Crippen molar-refractivity contribution in [3.63, 3.8) is 0 Å². The molecule has 1 N–H and O–H groups in total. The average molecular weight is 526 g/mol. The molecule has 0 saturated heterocycles. The molecule has 0 aliphatic rings. The molecule has 0 radical (unpaired) electrons. The van der Waals surface area contributed by atoms with Crippen molar-refractivity contribution in [2.75, 3.05) is 32.2 Å². The van der Waals surface area contributed by atoms with Crippen LogP contribution in [0.5, 0.6) is 11.5 Å². The zero-order valence-corrected chi connectivity index (χ0v) is 21.6. The van der Waals surface area contributed by atoms with E-state index in [4.69, 9.17) is 9.47 Å². The van der Waals surface area contributed by atoms with Crippen molar-refractivity contribution in [1.82, 2.24) is 5.43 Å². The summed E-state index contributed by atoms with van der Waals surface area (Å²) in [5.74, 6) is -0.432. The van der Waals surface area contributed by atoms with Crippen LogP contribution in [-0.4, -0.2) is 54.4 Å². The average Bonchev–Trinajstić information content (AvgIpc) is 2.91. The third kappa shape index (κ3) is 6.64. The number of hydrazone groups is 1. The minimum Gasteiger partial charge on any atom is -0.493 e. The van der Waals surface area contributed by atoms with Crippen LogP contribution in [0.25, 0.3) is 0 Å². The summed E-state index contributed by atoms with van der Waals surface area (Å²) in [5, 5.41) is 3.90. The van der Waals surface area contributed by atoms with E-state index in [1.807, 2.05) is 6.92 Å². The lowest BCUT2D eigenvalue weighted by atomic mass is 10.1. The number of sulfonamides is 1. The Morgan fingerprint density at radius 2 is 1.57 bits per heavy atom. The molecular weight excluding hydrogens is 498 g/mol. The van der Waals surface area contributed by atoms with Gasteiger partial charge in [0.1, 0.15) is 6.54 Å². The van der Waals surface area contributed by atoms with Gasteiger partial charge in [-0.15, -0.1) is 0 Å². The first-order chi connectivity index (χ1) is 17.7. The fourth-order valence-electron chi connectivity index (χ4n) is 3.30. The molecule has 10 nitrogen and oxygen atoms in total. The van der Waals surface area contributed by atoms with Crippen LogP contribution < -0.4 is 19.2 Å². The Kier molecular flexibility index (Phi) is 8.86. The number of hydrogen-bond acceptors (Lipinski definition) is 8. The molecule has 0 atom stereocenters. The van der Waals surface area contributed by atoms with Crippen LogP contribution in [0.4, 0.5) is 5.69 Å². The Labute approximate surface area is 215 Å². The molecule has 0 aliphatic heterocycles.